The van der Waals surface area contributed by atoms with E-state index in [0.29, 0.717) is 44.6 Å². The number of aryl methyl sites for hydroxylation is 1. The lowest BCUT2D eigenvalue weighted by molar-refractivity contribution is 0.112. The van der Waals surface area contributed by atoms with E-state index in [1.165, 1.54) is 0 Å². The fourth-order valence-corrected chi connectivity index (χ4v) is 4.89. The van der Waals surface area contributed by atoms with E-state index in [9.17, 15) is 4.79 Å². The second-order valence-electron chi connectivity index (χ2n) is 9.59. The summed E-state index contributed by atoms with van der Waals surface area (Å²) in [6, 6.07) is 21.4. The van der Waals surface area contributed by atoms with Gasteiger partial charge < -0.3 is 15.6 Å². The van der Waals surface area contributed by atoms with E-state index in [4.69, 9.17) is 42.1 Å². The summed E-state index contributed by atoms with van der Waals surface area (Å²) >= 11 is 11.8. The molecule has 0 fully saturated rings. The van der Waals surface area contributed by atoms with Gasteiger partial charge in [0.1, 0.15) is 11.4 Å². The van der Waals surface area contributed by atoms with Crippen LogP contribution in [0.5, 0.6) is 0 Å². The van der Waals surface area contributed by atoms with E-state index in [1.54, 1.807) is 48.5 Å². The number of fused-ring (bicyclic) bond motifs is 3. The number of nitrogen functional groups attached to an aromatic ring is 1. The third kappa shape index (κ3) is 6.40. The first-order valence-corrected chi connectivity index (χ1v) is 14.0. The number of nitrogens with one attached hydrogen (secondary N) is 3. The molecule has 13 heteroatoms. The Labute approximate surface area is 267 Å². The molecule has 3 aromatic heterocycles. The smallest absolute Gasteiger partial charge is 0.189 e. The minimum Gasteiger partial charge on any atom is -0.397 e. The summed E-state index contributed by atoms with van der Waals surface area (Å²) in [6.45, 7) is 13.9. The summed E-state index contributed by atoms with van der Waals surface area (Å²) in [5, 5.41) is 19.8. The van der Waals surface area contributed by atoms with E-state index < -0.39 is 0 Å². The highest BCUT2D eigenvalue weighted by molar-refractivity contribution is 6.31. The largest absolute Gasteiger partial charge is 0.397 e. The van der Waals surface area contributed by atoms with Crippen molar-refractivity contribution in [1.29, 1.82) is 0 Å². The van der Waals surface area contributed by atoms with Gasteiger partial charge >= 0.3 is 0 Å². The van der Waals surface area contributed by atoms with Crippen LogP contribution in [0.3, 0.4) is 0 Å². The molecule has 0 radical (unpaired) electrons. The number of hydrogen-bond acceptors (Lipinski definition) is 6. The molecule has 0 unspecified atom stereocenters. The summed E-state index contributed by atoms with van der Waals surface area (Å²) in [5.74, 6) is 0.763. The fraction of sp³-hybridized carbons (Fsp3) is 0.0625. The molecule has 0 atom stereocenters. The van der Waals surface area contributed by atoms with Crippen LogP contribution in [-0.4, -0.2) is 43.3 Å². The standard InChI is InChI=1S/C16H10ClN5.C9H5N3O.C7H9ClN2/c1-18-10-4-5-11-13(8-10)20-21-15(11)16-19-12-6-3-9(17)7-14(12)22(16)2;1-10-6-2-3-7-8(4-6)11-12-9(7)5-13;1-10-7-4-5(8)2-3-6(7)9/h3-8H,2H3,(H,20,21);2-5H,(H,11,12);2-4,10H,9H2,1H3. The molecule has 3 heterocycles. The summed E-state index contributed by atoms with van der Waals surface area (Å²) < 4.78 is 1.97. The van der Waals surface area contributed by atoms with E-state index >= 15 is 0 Å². The van der Waals surface area contributed by atoms with Crippen molar-refractivity contribution < 1.29 is 4.79 Å². The molecule has 5 N–H and O–H groups in total. The number of carbonyl (C=O) groups excluding carboxylic acids is 1. The number of nitrogens with zero attached hydrogens (tertiary/aromatic N) is 6. The summed E-state index contributed by atoms with van der Waals surface area (Å²) in [4.78, 5) is 21.8. The van der Waals surface area contributed by atoms with Gasteiger partial charge in [-0.05, 0) is 48.5 Å². The molecule has 0 aliphatic heterocycles. The topological polar surface area (TPSA) is 139 Å². The number of anilines is 2. The first-order chi connectivity index (χ1) is 21.8. The van der Waals surface area contributed by atoms with Crippen molar-refractivity contribution in [2.24, 2.45) is 7.05 Å². The average molecular weight is 636 g/mol. The number of rotatable bonds is 3. The Bertz CT molecular complexity index is 2270. The Balaban J connectivity index is 0.000000148. The number of aromatic amines is 2. The number of benzene rings is 4. The van der Waals surface area contributed by atoms with Gasteiger partial charge in [-0.3, -0.25) is 15.0 Å². The minimum absolute atomic E-state index is 0.450. The second kappa shape index (κ2) is 13.2. The van der Waals surface area contributed by atoms with Crippen LogP contribution in [0.2, 0.25) is 10.0 Å². The van der Waals surface area contributed by atoms with Crippen LogP contribution < -0.4 is 11.1 Å². The van der Waals surface area contributed by atoms with Crippen molar-refractivity contribution >= 4 is 85.1 Å². The van der Waals surface area contributed by atoms with Crippen molar-refractivity contribution in [1.82, 2.24) is 29.9 Å². The molecule has 45 heavy (non-hydrogen) atoms. The van der Waals surface area contributed by atoms with Gasteiger partial charge in [-0.25, -0.2) is 14.7 Å². The first kappa shape index (κ1) is 30.6. The van der Waals surface area contributed by atoms with Crippen LogP contribution >= 0.6 is 23.2 Å². The average Bonchev–Trinajstić information content (AvgIpc) is 3.77. The lowest BCUT2D eigenvalue weighted by Gasteiger charge is -2.03. The molecule has 0 saturated heterocycles. The van der Waals surface area contributed by atoms with Crippen LogP contribution in [-0.2, 0) is 7.05 Å². The van der Waals surface area contributed by atoms with Crippen molar-refractivity contribution in [2.45, 2.75) is 0 Å². The molecule has 0 aliphatic rings. The van der Waals surface area contributed by atoms with Gasteiger partial charge in [-0.2, -0.15) is 10.2 Å². The van der Waals surface area contributed by atoms with Crippen LogP contribution in [0, 0.1) is 13.1 Å². The zero-order valence-electron chi connectivity index (χ0n) is 23.9. The number of H-pyrrole nitrogens is 2. The molecular formula is C32H24Cl2N10O. The lowest BCUT2D eigenvalue weighted by atomic mass is 10.2. The maximum atomic E-state index is 10.5. The number of nitrogens with two attached hydrogens (primary N) is 1. The number of carbonyl (C=O) groups is 1. The number of aldehydes is 1. The Morgan fingerprint density at radius 3 is 2.24 bits per heavy atom. The van der Waals surface area contributed by atoms with Crippen LogP contribution in [0.15, 0.2) is 72.8 Å². The predicted molar refractivity (Wildman–Crippen MR) is 180 cm³/mol. The maximum absolute atomic E-state index is 10.5. The highest BCUT2D eigenvalue weighted by Crippen LogP contribution is 2.31. The van der Waals surface area contributed by atoms with Gasteiger partial charge in [0.15, 0.2) is 23.5 Å². The summed E-state index contributed by atoms with van der Waals surface area (Å²) in [6.07, 6.45) is 0.715. The third-order valence-electron chi connectivity index (χ3n) is 6.83. The van der Waals surface area contributed by atoms with E-state index in [1.807, 2.05) is 42.9 Å². The molecule has 4 aromatic carbocycles. The lowest BCUT2D eigenvalue weighted by Crippen LogP contribution is -1.94. The van der Waals surface area contributed by atoms with Crippen LogP contribution in [0.4, 0.5) is 22.7 Å². The molecular weight excluding hydrogens is 611 g/mol. The highest BCUT2D eigenvalue weighted by atomic mass is 35.5. The van der Waals surface area contributed by atoms with Gasteiger partial charge in [0.05, 0.1) is 46.6 Å². The monoisotopic (exact) mass is 634 g/mol. The molecule has 0 aliphatic carbocycles. The minimum atomic E-state index is 0.450. The number of imidazole rings is 1. The normalized spacial score (nSPS) is 10.4. The number of halogens is 2. The van der Waals surface area contributed by atoms with Gasteiger partial charge in [0, 0.05) is 34.9 Å². The first-order valence-electron chi connectivity index (χ1n) is 13.3. The van der Waals surface area contributed by atoms with E-state index in [2.05, 4.69) is 40.4 Å². The Kier molecular flexibility index (Phi) is 8.96. The molecule has 0 bridgehead atoms. The maximum Gasteiger partial charge on any atom is 0.189 e. The van der Waals surface area contributed by atoms with Gasteiger partial charge in [0.25, 0.3) is 0 Å². The van der Waals surface area contributed by atoms with Crippen LogP contribution in [0.1, 0.15) is 10.5 Å². The molecule has 11 nitrogen and oxygen atoms in total. The molecule has 0 saturated carbocycles. The molecule has 222 valence electrons. The van der Waals surface area contributed by atoms with E-state index in [-0.39, 0.29) is 0 Å². The van der Waals surface area contributed by atoms with Gasteiger partial charge in [0.2, 0.25) is 0 Å². The van der Waals surface area contributed by atoms with Crippen molar-refractivity contribution in [3.63, 3.8) is 0 Å². The van der Waals surface area contributed by atoms with Gasteiger partial charge in [-0.1, -0.05) is 47.5 Å². The zero-order chi connectivity index (χ0) is 32.1. The Morgan fingerprint density at radius 2 is 1.56 bits per heavy atom. The molecule has 7 aromatic rings. The number of aromatic nitrogens is 6. The van der Waals surface area contributed by atoms with E-state index in [0.717, 1.165) is 44.5 Å². The zero-order valence-corrected chi connectivity index (χ0v) is 25.4. The second-order valence-corrected chi connectivity index (χ2v) is 10.5. The predicted octanol–water partition coefficient (Wildman–Crippen LogP) is 8.21. The van der Waals surface area contributed by atoms with Crippen molar-refractivity contribution in [3.05, 3.63) is 111 Å². The SMILES string of the molecule is CNc1cc(Cl)ccc1N.[C-]#[N+]c1ccc2c(-c3nc4ccc(Cl)cc4n3C)n[nH]c2c1.[C-]#[N+]c1ccc2c(C=O)[nH]nc2c1. The fourth-order valence-electron chi connectivity index (χ4n) is 4.55. The summed E-state index contributed by atoms with van der Waals surface area (Å²) in [7, 11) is 3.75. The van der Waals surface area contributed by atoms with Crippen molar-refractivity contribution in [3.8, 4) is 11.5 Å². The highest BCUT2D eigenvalue weighted by Gasteiger charge is 2.16. The number of hydrogen-bond donors (Lipinski definition) is 4. The Hall–Kier alpha value is -5.88. The van der Waals surface area contributed by atoms with Crippen LogP contribution in [0.25, 0.3) is 54.0 Å². The molecule has 7 rings (SSSR count). The molecule has 0 amide bonds. The third-order valence-corrected chi connectivity index (χ3v) is 7.30. The quantitative estimate of drug-likeness (QED) is 0.0877. The van der Waals surface area contributed by atoms with Crippen molar-refractivity contribution in [2.75, 3.05) is 18.1 Å². The molecule has 0 spiro atoms. The Morgan fingerprint density at radius 1 is 0.867 bits per heavy atom. The van der Waals surface area contributed by atoms with Gasteiger partial charge in [-0.15, -0.1) is 0 Å². The summed E-state index contributed by atoms with van der Waals surface area (Å²) in [5.41, 5.74) is 12.8.